The molecule has 10 heteroatoms. The number of amides is 2. The Morgan fingerprint density at radius 3 is 2.46 bits per heavy atom. The van der Waals surface area contributed by atoms with E-state index in [0.29, 0.717) is 0 Å². The summed E-state index contributed by atoms with van der Waals surface area (Å²) in [5.74, 6) is -1.23. The highest BCUT2D eigenvalue weighted by molar-refractivity contribution is 7.92. The summed E-state index contributed by atoms with van der Waals surface area (Å²) in [4.78, 5) is 23.1. The van der Waals surface area contributed by atoms with Gasteiger partial charge < -0.3 is 15.4 Å². The van der Waals surface area contributed by atoms with Crippen molar-refractivity contribution in [3.05, 3.63) is 59.9 Å². The van der Waals surface area contributed by atoms with Crippen LogP contribution >= 0.6 is 0 Å². The molecule has 0 saturated carbocycles. The summed E-state index contributed by atoms with van der Waals surface area (Å²) in [6.45, 7) is 2.18. The smallest absolute Gasteiger partial charge is 0.407 e. The molecule has 0 aliphatic carbocycles. The highest BCUT2D eigenvalue weighted by Gasteiger charge is 2.18. The van der Waals surface area contributed by atoms with Crippen LogP contribution in [0.4, 0.5) is 14.9 Å². The quantitative estimate of drug-likeness (QED) is 0.578. The molecule has 2 amide bonds. The normalized spacial score (nSPS) is 10.8. The number of sulfonamides is 1. The summed E-state index contributed by atoms with van der Waals surface area (Å²) in [7, 11) is -4.08. The molecule has 0 unspecified atom stereocenters. The maximum absolute atomic E-state index is 13.7. The Morgan fingerprint density at radius 1 is 1.04 bits per heavy atom. The Hall–Kier alpha value is -3.14. The van der Waals surface area contributed by atoms with Gasteiger partial charge in [0.05, 0.1) is 17.2 Å². The first kappa shape index (κ1) is 21.2. The van der Waals surface area contributed by atoms with Crippen molar-refractivity contribution in [3.63, 3.8) is 0 Å². The van der Waals surface area contributed by atoms with E-state index in [0.717, 1.165) is 6.07 Å². The van der Waals surface area contributed by atoms with E-state index < -0.39 is 27.8 Å². The zero-order valence-electron chi connectivity index (χ0n) is 15.1. The van der Waals surface area contributed by atoms with Crippen molar-refractivity contribution in [2.45, 2.75) is 11.8 Å². The number of anilines is 1. The van der Waals surface area contributed by atoms with Crippen molar-refractivity contribution in [1.29, 1.82) is 0 Å². The van der Waals surface area contributed by atoms with E-state index in [9.17, 15) is 22.4 Å². The lowest BCUT2D eigenvalue weighted by molar-refractivity contribution is 0.0952. The van der Waals surface area contributed by atoms with Crippen LogP contribution in [0.15, 0.2) is 53.4 Å². The van der Waals surface area contributed by atoms with E-state index in [2.05, 4.69) is 20.1 Å². The van der Waals surface area contributed by atoms with Crippen molar-refractivity contribution >= 4 is 27.7 Å². The van der Waals surface area contributed by atoms with Gasteiger partial charge in [-0.2, -0.15) is 0 Å². The summed E-state index contributed by atoms with van der Waals surface area (Å²) in [5.41, 5.74) is -0.0880. The first-order valence-corrected chi connectivity index (χ1v) is 9.88. The standard InChI is InChI=1S/C18H20FN3O5S/c1-2-27-18(24)21-11-10-20-17(23)13-6-5-7-14(12-13)28(25,26)22-16-9-4-3-8-15(16)19/h3-9,12,22H,2,10-11H2,1H3,(H,20,23)(H,21,24). The van der Waals surface area contributed by atoms with Crippen LogP contribution in [-0.2, 0) is 14.8 Å². The van der Waals surface area contributed by atoms with E-state index >= 15 is 0 Å². The fraction of sp³-hybridized carbons (Fsp3) is 0.222. The molecule has 28 heavy (non-hydrogen) atoms. The molecule has 2 aromatic carbocycles. The van der Waals surface area contributed by atoms with Gasteiger partial charge in [0.15, 0.2) is 0 Å². The number of para-hydroxylation sites is 1. The average molecular weight is 409 g/mol. The van der Waals surface area contributed by atoms with Crippen LogP contribution < -0.4 is 15.4 Å². The Morgan fingerprint density at radius 2 is 1.75 bits per heavy atom. The first-order chi connectivity index (χ1) is 13.3. The van der Waals surface area contributed by atoms with E-state index in [-0.39, 0.29) is 35.8 Å². The van der Waals surface area contributed by atoms with E-state index in [1.165, 1.54) is 42.5 Å². The molecular formula is C18H20FN3O5S. The van der Waals surface area contributed by atoms with Crippen molar-refractivity contribution in [2.24, 2.45) is 0 Å². The fourth-order valence-electron chi connectivity index (χ4n) is 2.18. The second kappa shape index (κ2) is 9.70. The van der Waals surface area contributed by atoms with Gasteiger partial charge in [-0.25, -0.2) is 17.6 Å². The number of benzene rings is 2. The number of nitrogens with one attached hydrogen (secondary N) is 3. The van der Waals surface area contributed by atoms with Crippen LogP contribution in [0.25, 0.3) is 0 Å². The minimum absolute atomic E-state index is 0.104. The molecule has 150 valence electrons. The van der Waals surface area contributed by atoms with Gasteiger partial charge in [0.1, 0.15) is 5.82 Å². The van der Waals surface area contributed by atoms with Crippen molar-refractivity contribution in [2.75, 3.05) is 24.4 Å². The zero-order valence-corrected chi connectivity index (χ0v) is 15.9. The molecule has 0 saturated heterocycles. The number of carbonyl (C=O) groups excluding carboxylic acids is 2. The lowest BCUT2D eigenvalue weighted by Crippen LogP contribution is -2.35. The first-order valence-electron chi connectivity index (χ1n) is 8.39. The Kier molecular flexibility index (Phi) is 7.33. The number of ether oxygens (including phenoxy) is 1. The molecule has 0 aliphatic heterocycles. The van der Waals surface area contributed by atoms with E-state index in [4.69, 9.17) is 0 Å². The van der Waals surface area contributed by atoms with Gasteiger partial charge in [-0.3, -0.25) is 9.52 Å². The number of hydrogen-bond acceptors (Lipinski definition) is 5. The number of halogens is 1. The van der Waals surface area contributed by atoms with Gasteiger partial charge in [0.25, 0.3) is 15.9 Å². The number of alkyl carbamates (subject to hydrolysis) is 1. The Bertz CT molecular complexity index is 950. The number of carbonyl (C=O) groups is 2. The predicted molar refractivity (Wildman–Crippen MR) is 101 cm³/mol. The third kappa shape index (κ3) is 5.95. The number of rotatable bonds is 8. The van der Waals surface area contributed by atoms with Crippen LogP contribution in [0.5, 0.6) is 0 Å². The molecule has 0 aliphatic rings. The lowest BCUT2D eigenvalue weighted by atomic mass is 10.2. The number of hydrogen-bond donors (Lipinski definition) is 3. The summed E-state index contributed by atoms with van der Waals surface area (Å²) >= 11 is 0. The van der Waals surface area contributed by atoms with Gasteiger partial charge in [-0.1, -0.05) is 18.2 Å². The van der Waals surface area contributed by atoms with Crippen LogP contribution in [0.1, 0.15) is 17.3 Å². The van der Waals surface area contributed by atoms with Crippen LogP contribution in [0.2, 0.25) is 0 Å². The molecule has 0 aromatic heterocycles. The molecule has 8 nitrogen and oxygen atoms in total. The summed E-state index contributed by atoms with van der Waals surface area (Å²) < 4.78 is 45.4. The highest BCUT2D eigenvalue weighted by atomic mass is 32.2. The minimum atomic E-state index is -4.08. The van der Waals surface area contributed by atoms with Gasteiger partial charge in [-0.15, -0.1) is 0 Å². The van der Waals surface area contributed by atoms with E-state index in [1.54, 1.807) is 6.92 Å². The third-order valence-electron chi connectivity index (χ3n) is 3.48. The predicted octanol–water partition coefficient (Wildman–Crippen LogP) is 2.10. The van der Waals surface area contributed by atoms with Crippen molar-refractivity contribution < 1.29 is 27.1 Å². The maximum atomic E-state index is 13.7. The van der Waals surface area contributed by atoms with Crippen LogP contribution in [0, 0.1) is 5.82 Å². The molecule has 0 atom stereocenters. The molecule has 0 radical (unpaired) electrons. The largest absolute Gasteiger partial charge is 0.450 e. The Balaban J connectivity index is 2.01. The second-order valence-electron chi connectivity index (χ2n) is 5.52. The molecule has 3 N–H and O–H groups in total. The third-order valence-corrected chi connectivity index (χ3v) is 4.84. The maximum Gasteiger partial charge on any atom is 0.407 e. The molecule has 2 rings (SSSR count). The molecule has 0 heterocycles. The monoisotopic (exact) mass is 409 g/mol. The summed E-state index contributed by atoms with van der Waals surface area (Å²) in [6.07, 6.45) is -0.593. The highest BCUT2D eigenvalue weighted by Crippen LogP contribution is 2.19. The SMILES string of the molecule is CCOC(=O)NCCNC(=O)c1cccc(S(=O)(=O)Nc2ccccc2F)c1. The summed E-state index contributed by atoms with van der Waals surface area (Å²) in [5, 5.41) is 4.99. The Labute approximate surface area is 162 Å². The molecule has 0 bridgehead atoms. The fourth-order valence-corrected chi connectivity index (χ4v) is 3.29. The molecular weight excluding hydrogens is 389 g/mol. The van der Waals surface area contributed by atoms with Gasteiger partial charge in [-0.05, 0) is 37.3 Å². The topological polar surface area (TPSA) is 114 Å². The average Bonchev–Trinajstić information content (AvgIpc) is 2.67. The molecule has 2 aromatic rings. The molecule has 0 spiro atoms. The van der Waals surface area contributed by atoms with Crippen LogP contribution in [0.3, 0.4) is 0 Å². The van der Waals surface area contributed by atoms with Crippen molar-refractivity contribution in [1.82, 2.24) is 10.6 Å². The second-order valence-corrected chi connectivity index (χ2v) is 7.20. The lowest BCUT2D eigenvalue weighted by Gasteiger charge is -2.10. The van der Waals surface area contributed by atoms with Crippen LogP contribution in [-0.4, -0.2) is 40.1 Å². The van der Waals surface area contributed by atoms with Gasteiger partial charge >= 0.3 is 6.09 Å². The zero-order chi connectivity index (χ0) is 20.6. The van der Waals surface area contributed by atoms with E-state index in [1.807, 2.05) is 0 Å². The minimum Gasteiger partial charge on any atom is -0.450 e. The van der Waals surface area contributed by atoms with Crippen molar-refractivity contribution in [3.8, 4) is 0 Å². The summed E-state index contributed by atoms with van der Waals surface area (Å²) in [6, 6.07) is 10.7. The van der Waals surface area contributed by atoms with Gasteiger partial charge in [0.2, 0.25) is 0 Å². The van der Waals surface area contributed by atoms with Gasteiger partial charge in [0, 0.05) is 18.7 Å². The molecule has 0 fully saturated rings.